The molecule has 6 nitrogen and oxygen atoms in total. The fourth-order valence-electron chi connectivity index (χ4n) is 5.05. The van der Waals surface area contributed by atoms with Crippen LogP contribution in [0.2, 0.25) is 0 Å². The molecule has 2 aromatic heterocycles. The van der Waals surface area contributed by atoms with Crippen LogP contribution in [0.15, 0.2) is 60.9 Å². The monoisotopic (exact) mass is 467 g/mol. The van der Waals surface area contributed by atoms with Crippen molar-refractivity contribution >= 4 is 22.6 Å². The van der Waals surface area contributed by atoms with Gasteiger partial charge in [-0.1, -0.05) is 18.2 Å². The van der Waals surface area contributed by atoms with Gasteiger partial charge in [-0.05, 0) is 73.8 Å². The highest BCUT2D eigenvalue weighted by molar-refractivity contribution is 5.98. The van der Waals surface area contributed by atoms with E-state index >= 15 is 0 Å². The number of amides is 1. The summed E-state index contributed by atoms with van der Waals surface area (Å²) in [6.07, 6.45) is 6.29. The third-order valence-corrected chi connectivity index (χ3v) is 7.15. The number of rotatable bonds is 5. The van der Waals surface area contributed by atoms with Crippen molar-refractivity contribution < 1.29 is 4.79 Å². The van der Waals surface area contributed by atoms with Crippen LogP contribution in [0.3, 0.4) is 0 Å². The Hall–Kier alpha value is -3.64. The largest absolute Gasteiger partial charge is 0.371 e. The van der Waals surface area contributed by atoms with Crippen molar-refractivity contribution in [2.24, 2.45) is 0 Å². The molecule has 5 rings (SSSR count). The second-order valence-electron chi connectivity index (χ2n) is 9.65. The average molecular weight is 468 g/mol. The maximum atomic E-state index is 12.2. The van der Waals surface area contributed by atoms with E-state index in [0.717, 1.165) is 40.8 Å². The van der Waals surface area contributed by atoms with Crippen LogP contribution in [-0.4, -0.2) is 61.0 Å². The molecule has 6 heteroatoms. The van der Waals surface area contributed by atoms with Crippen LogP contribution in [0.4, 0.5) is 5.69 Å². The van der Waals surface area contributed by atoms with Gasteiger partial charge in [0.15, 0.2) is 0 Å². The fourth-order valence-corrected chi connectivity index (χ4v) is 5.05. The van der Waals surface area contributed by atoms with E-state index < -0.39 is 0 Å². The summed E-state index contributed by atoms with van der Waals surface area (Å²) in [5.41, 5.74) is 8.57. The van der Waals surface area contributed by atoms with Crippen molar-refractivity contribution in [3.8, 4) is 22.3 Å². The predicted molar refractivity (Wildman–Crippen MR) is 144 cm³/mol. The first-order valence-electron chi connectivity index (χ1n) is 12.3. The Morgan fingerprint density at radius 1 is 1.03 bits per heavy atom. The molecule has 1 saturated heterocycles. The SMILES string of the molecule is CNC1CCN(c2ccc(-c3cnc4[nH]cc(-c5ccc(C(=O)N(C)C)cc5)c4c3)cc2C)CC1. The highest BCUT2D eigenvalue weighted by atomic mass is 16.2. The number of aromatic amines is 1. The predicted octanol–water partition coefficient (Wildman–Crippen LogP) is 5.10. The van der Waals surface area contributed by atoms with Crippen LogP contribution in [0.5, 0.6) is 0 Å². The number of nitrogens with zero attached hydrogens (tertiary/aromatic N) is 3. The molecule has 4 aromatic rings. The van der Waals surface area contributed by atoms with Crippen LogP contribution in [-0.2, 0) is 0 Å². The molecule has 1 fully saturated rings. The third-order valence-electron chi connectivity index (χ3n) is 7.15. The Balaban J connectivity index is 1.43. The summed E-state index contributed by atoms with van der Waals surface area (Å²) in [5.74, 6) is 0.00430. The maximum Gasteiger partial charge on any atom is 0.253 e. The molecule has 0 aliphatic carbocycles. The minimum atomic E-state index is 0.00430. The lowest BCUT2D eigenvalue weighted by Gasteiger charge is -2.34. The van der Waals surface area contributed by atoms with E-state index in [4.69, 9.17) is 4.98 Å². The Labute approximate surface area is 207 Å². The molecule has 2 N–H and O–H groups in total. The summed E-state index contributed by atoms with van der Waals surface area (Å²) >= 11 is 0. The molecule has 1 amide bonds. The lowest BCUT2D eigenvalue weighted by atomic mass is 9.98. The van der Waals surface area contributed by atoms with Crippen molar-refractivity contribution in [2.45, 2.75) is 25.8 Å². The van der Waals surface area contributed by atoms with Crippen molar-refractivity contribution in [3.05, 3.63) is 72.1 Å². The topological polar surface area (TPSA) is 64.3 Å². The summed E-state index contributed by atoms with van der Waals surface area (Å²) in [4.78, 5) is 24.3. The average Bonchev–Trinajstić information content (AvgIpc) is 3.31. The first kappa shape index (κ1) is 23.1. The van der Waals surface area contributed by atoms with Gasteiger partial charge in [-0.3, -0.25) is 4.79 Å². The van der Waals surface area contributed by atoms with Crippen molar-refractivity contribution in [1.82, 2.24) is 20.2 Å². The Bertz CT molecular complexity index is 1350. The summed E-state index contributed by atoms with van der Waals surface area (Å²) in [7, 11) is 5.59. The molecule has 0 bridgehead atoms. The summed E-state index contributed by atoms with van der Waals surface area (Å²) in [6.45, 7) is 4.38. The molecule has 1 aliphatic rings. The van der Waals surface area contributed by atoms with E-state index in [9.17, 15) is 4.79 Å². The zero-order chi connectivity index (χ0) is 24.5. The number of carbonyl (C=O) groups is 1. The van der Waals surface area contributed by atoms with Crippen LogP contribution >= 0.6 is 0 Å². The van der Waals surface area contributed by atoms with Gasteiger partial charge >= 0.3 is 0 Å². The quantitative estimate of drug-likeness (QED) is 0.429. The van der Waals surface area contributed by atoms with Gasteiger partial charge in [0, 0.05) is 73.4 Å². The van der Waals surface area contributed by atoms with E-state index in [2.05, 4.69) is 53.4 Å². The zero-order valence-electron chi connectivity index (χ0n) is 20.9. The van der Waals surface area contributed by atoms with Gasteiger partial charge in [0.05, 0.1) is 0 Å². The lowest BCUT2D eigenvalue weighted by Crippen LogP contribution is -2.41. The molecule has 35 heavy (non-hydrogen) atoms. The van der Waals surface area contributed by atoms with Gasteiger partial charge in [-0.15, -0.1) is 0 Å². The van der Waals surface area contributed by atoms with Crippen LogP contribution in [0.1, 0.15) is 28.8 Å². The minimum Gasteiger partial charge on any atom is -0.371 e. The number of carbonyl (C=O) groups excluding carboxylic acids is 1. The molecule has 0 unspecified atom stereocenters. The van der Waals surface area contributed by atoms with Crippen LogP contribution in [0.25, 0.3) is 33.3 Å². The summed E-state index contributed by atoms with van der Waals surface area (Å²) < 4.78 is 0. The van der Waals surface area contributed by atoms with Crippen LogP contribution < -0.4 is 10.2 Å². The number of hydrogen-bond acceptors (Lipinski definition) is 4. The second kappa shape index (κ2) is 9.55. The van der Waals surface area contributed by atoms with Gasteiger partial charge in [-0.2, -0.15) is 0 Å². The second-order valence-corrected chi connectivity index (χ2v) is 9.65. The van der Waals surface area contributed by atoms with Gasteiger partial charge in [0.2, 0.25) is 0 Å². The number of benzene rings is 2. The molecular formula is C29H33N5O. The van der Waals surface area contributed by atoms with E-state index in [1.165, 1.54) is 29.7 Å². The molecule has 0 radical (unpaired) electrons. The molecule has 0 atom stereocenters. The molecule has 1 aliphatic heterocycles. The van der Waals surface area contributed by atoms with E-state index in [1.54, 1.807) is 19.0 Å². The summed E-state index contributed by atoms with van der Waals surface area (Å²) in [5, 5.41) is 4.48. The van der Waals surface area contributed by atoms with Gasteiger partial charge in [0.1, 0.15) is 5.65 Å². The Kier molecular flexibility index (Phi) is 6.31. The number of hydrogen-bond donors (Lipinski definition) is 2. The van der Waals surface area contributed by atoms with Crippen molar-refractivity contribution in [2.75, 3.05) is 39.1 Å². The number of aryl methyl sites for hydroxylation is 1. The Morgan fingerprint density at radius 2 is 1.74 bits per heavy atom. The zero-order valence-corrected chi connectivity index (χ0v) is 20.9. The molecule has 180 valence electrons. The Morgan fingerprint density at radius 3 is 2.40 bits per heavy atom. The first-order valence-corrected chi connectivity index (χ1v) is 12.3. The highest BCUT2D eigenvalue weighted by Crippen LogP contribution is 2.33. The molecule has 3 heterocycles. The van der Waals surface area contributed by atoms with E-state index in [-0.39, 0.29) is 5.91 Å². The highest BCUT2D eigenvalue weighted by Gasteiger charge is 2.19. The van der Waals surface area contributed by atoms with E-state index in [1.807, 2.05) is 36.7 Å². The number of fused-ring (bicyclic) bond motifs is 1. The fraction of sp³-hybridized carbons (Fsp3) is 0.310. The standard InChI is InChI=1S/C29H33N5O/c1-19-15-22(9-10-27(19)34-13-11-24(30-2)12-14-34)23-16-25-26(18-32-28(25)31-17-23)20-5-7-21(8-6-20)29(35)33(3)4/h5-10,15-18,24,30H,11-14H2,1-4H3,(H,31,32). The van der Waals surface area contributed by atoms with Crippen molar-refractivity contribution in [1.29, 1.82) is 0 Å². The number of pyridine rings is 1. The third kappa shape index (κ3) is 4.54. The number of H-pyrrole nitrogens is 1. The number of anilines is 1. The normalized spacial score (nSPS) is 14.5. The molecule has 0 saturated carbocycles. The molecule has 2 aromatic carbocycles. The molecular weight excluding hydrogens is 434 g/mol. The van der Waals surface area contributed by atoms with Gasteiger partial charge < -0.3 is 20.1 Å². The van der Waals surface area contributed by atoms with Crippen LogP contribution in [0, 0.1) is 6.92 Å². The van der Waals surface area contributed by atoms with E-state index in [0.29, 0.717) is 11.6 Å². The van der Waals surface area contributed by atoms with Gasteiger partial charge in [0.25, 0.3) is 5.91 Å². The number of piperidine rings is 1. The maximum absolute atomic E-state index is 12.2. The number of nitrogens with one attached hydrogen (secondary N) is 2. The van der Waals surface area contributed by atoms with Gasteiger partial charge in [-0.25, -0.2) is 4.98 Å². The first-order chi connectivity index (χ1) is 16.9. The molecule has 0 spiro atoms. The summed E-state index contributed by atoms with van der Waals surface area (Å²) in [6, 6.07) is 17.4. The van der Waals surface area contributed by atoms with Crippen molar-refractivity contribution in [3.63, 3.8) is 0 Å². The smallest absolute Gasteiger partial charge is 0.253 e. The minimum absolute atomic E-state index is 0.00430. The number of aromatic nitrogens is 2. The lowest BCUT2D eigenvalue weighted by molar-refractivity contribution is 0.0827.